The van der Waals surface area contributed by atoms with Crippen molar-refractivity contribution in [1.82, 2.24) is 14.5 Å². The first-order chi connectivity index (χ1) is 23.7. The molecular formula is C33H42N4O12S2. The highest BCUT2D eigenvalue weighted by Gasteiger charge is 2.52. The van der Waals surface area contributed by atoms with E-state index in [9.17, 15) is 32.4 Å². The number of nitrogens with zero attached hydrogens (tertiary/aromatic N) is 3. The van der Waals surface area contributed by atoms with Gasteiger partial charge in [0.2, 0.25) is 11.9 Å². The molecule has 16 nitrogen and oxygen atoms in total. The lowest BCUT2D eigenvalue weighted by molar-refractivity contribution is -0.166. The van der Waals surface area contributed by atoms with Gasteiger partial charge < -0.3 is 23.1 Å². The number of anilines is 1. The van der Waals surface area contributed by atoms with Gasteiger partial charge in [-0.05, 0) is 34.4 Å². The Kier molecular flexibility index (Phi) is 11.9. The summed E-state index contributed by atoms with van der Waals surface area (Å²) in [6, 6.07) is 3.67. The molecule has 1 aliphatic rings. The Labute approximate surface area is 298 Å². The third-order valence-electron chi connectivity index (χ3n) is 7.83. The summed E-state index contributed by atoms with van der Waals surface area (Å²) in [4.78, 5) is 69.5. The van der Waals surface area contributed by atoms with Crippen molar-refractivity contribution in [2.75, 3.05) is 11.9 Å². The summed E-state index contributed by atoms with van der Waals surface area (Å²) in [5.41, 5.74) is 1.75. The van der Waals surface area contributed by atoms with Crippen LogP contribution in [0.4, 0.5) is 5.95 Å². The Morgan fingerprint density at radius 1 is 0.882 bits per heavy atom. The quantitative estimate of drug-likeness (QED) is 0.156. The first kappa shape index (κ1) is 39.4. The first-order valence-corrected chi connectivity index (χ1v) is 18.4. The van der Waals surface area contributed by atoms with E-state index < -0.39 is 81.8 Å². The van der Waals surface area contributed by atoms with E-state index in [-0.39, 0.29) is 33.0 Å². The predicted octanol–water partition coefficient (Wildman–Crippen LogP) is 4.27. The van der Waals surface area contributed by atoms with Crippen LogP contribution in [0, 0.1) is 0 Å². The number of nitrogens with one attached hydrogen (secondary N) is 1. The molecule has 51 heavy (non-hydrogen) atoms. The second kappa shape index (κ2) is 15.4. The lowest BCUT2D eigenvalue weighted by Crippen LogP contribution is -2.41. The Hall–Kier alpha value is -4.42. The van der Waals surface area contributed by atoms with Crippen LogP contribution in [-0.4, -0.2) is 71.7 Å². The van der Waals surface area contributed by atoms with Gasteiger partial charge in [0.05, 0.1) is 0 Å². The molecule has 0 unspecified atom stereocenters. The molecule has 3 aromatic rings. The minimum absolute atomic E-state index is 0.0388. The van der Waals surface area contributed by atoms with Gasteiger partial charge in [0.25, 0.3) is 5.88 Å². The topological polar surface area (TPSA) is 208 Å². The number of benzene rings is 1. The van der Waals surface area contributed by atoms with Gasteiger partial charge >= 0.3 is 32.9 Å². The number of aromatic nitrogens is 3. The van der Waals surface area contributed by atoms with Crippen LogP contribution in [0.3, 0.4) is 0 Å². The molecule has 4 atom stereocenters. The minimum Gasteiger partial charge on any atom is -0.463 e. The molecule has 1 fully saturated rings. The number of carbonyl (C=O) groups excluding carboxylic acids is 4. The second-order valence-electron chi connectivity index (χ2n) is 13.0. The molecule has 0 bridgehead atoms. The van der Waals surface area contributed by atoms with E-state index in [1.54, 1.807) is 0 Å². The summed E-state index contributed by atoms with van der Waals surface area (Å²) in [6.45, 7) is 15.6. The summed E-state index contributed by atoms with van der Waals surface area (Å²) in [6.07, 6.45) is -5.55. The van der Waals surface area contributed by atoms with Gasteiger partial charge in [0, 0.05) is 27.7 Å². The molecule has 1 aromatic carbocycles. The fraction of sp³-hybridized carbons (Fsp3) is 0.545. The number of thiazole rings is 1. The Morgan fingerprint density at radius 3 is 1.94 bits per heavy atom. The number of fused-ring (bicyclic) bond motifs is 1. The van der Waals surface area contributed by atoms with E-state index in [1.807, 2.05) is 53.7 Å². The minimum atomic E-state index is -4.65. The summed E-state index contributed by atoms with van der Waals surface area (Å²) < 4.78 is 57.2. The number of amides is 1. The van der Waals surface area contributed by atoms with Crippen molar-refractivity contribution in [3.8, 4) is 5.88 Å². The van der Waals surface area contributed by atoms with Gasteiger partial charge in [-0.2, -0.15) is 18.4 Å². The summed E-state index contributed by atoms with van der Waals surface area (Å²) in [5, 5.41) is 2.39. The standard InChI is InChI=1S/C33H42N4O12S2/c1-14(2)21-11-22(15(3)4)28(23(12-21)16(5)6)51(43,44)49-30-27-29(35-32(36-30)34-17(7)38)37(33(42)50-27)31-26(47-20(10)41)25(46-19(9)40)24(48-31)13-45-18(8)39/h11-12,14-16,24-26,31H,13H2,1-10H3,(H,34,35,36,38)/t24-,25-,26-,31-/m1/s1. The third kappa shape index (κ3) is 8.73. The number of hydrogen-bond donors (Lipinski definition) is 1. The largest absolute Gasteiger partial charge is 0.463 e. The van der Waals surface area contributed by atoms with Crippen molar-refractivity contribution < 1.29 is 50.7 Å². The summed E-state index contributed by atoms with van der Waals surface area (Å²) in [7, 11) is -4.65. The van der Waals surface area contributed by atoms with Gasteiger partial charge in [-0.15, -0.1) is 0 Å². The molecule has 1 amide bonds. The second-order valence-corrected chi connectivity index (χ2v) is 15.4. The highest BCUT2D eigenvalue weighted by molar-refractivity contribution is 7.87. The van der Waals surface area contributed by atoms with Crippen molar-refractivity contribution in [3.05, 3.63) is 38.5 Å². The molecule has 2 aromatic heterocycles. The van der Waals surface area contributed by atoms with E-state index in [2.05, 4.69) is 15.3 Å². The molecule has 278 valence electrons. The Bertz CT molecular complexity index is 1990. The van der Waals surface area contributed by atoms with Crippen LogP contribution in [0.5, 0.6) is 5.88 Å². The zero-order chi connectivity index (χ0) is 38.1. The molecule has 18 heteroatoms. The monoisotopic (exact) mass is 750 g/mol. The third-order valence-corrected chi connectivity index (χ3v) is 10.1. The number of carbonyl (C=O) groups is 4. The van der Waals surface area contributed by atoms with Gasteiger partial charge in [-0.3, -0.25) is 33.9 Å². The number of ether oxygens (including phenoxy) is 4. The van der Waals surface area contributed by atoms with Crippen LogP contribution in [0.2, 0.25) is 0 Å². The highest BCUT2D eigenvalue weighted by atomic mass is 32.2. The molecule has 0 spiro atoms. The zero-order valence-corrected chi connectivity index (χ0v) is 31.6. The molecule has 0 aliphatic carbocycles. The van der Waals surface area contributed by atoms with E-state index in [0.717, 1.165) is 30.9 Å². The van der Waals surface area contributed by atoms with Gasteiger partial charge in [0.1, 0.15) is 22.3 Å². The van der Waals surface area contributed by atoms with Gasteiger partial charge in [-0.25, -0.2) is 0 Å². The number of hydrogen-bond acceptors (Lipinski definition) is 15. The lowest BCUT2D eigenvalue weighted by Gasteiger charge is -2.23. The average Bonchev–Trinajstić information content (AvgIpc) is 3.49. The fourth-order valence-corrected chi connectivity index (χ4v) is 8.12. The van der Waals surface area contributed by atoms with E-state index in [1.165, 1.54) is 6.92 Å². The lowest BCUT2D eigenvalue weighted by atomic mass is 9.89. The van der Waals surface area contributed by atoms with Crippen LogP contribution in [0.1, 0.15) is 110 Å². The van der Waals surface area contributed by atoms with Crippen LogP contribution < -0.4 is 14.4 Å². The van der Waals surface area contributed by atoms with E-state index in [0.29, 0.717) is 22.5 Å². The van der Waals surface area contributed by atoms with Gasteiger partial charge in [0.15, 0.2) is 24.1 Å². The van der Waals surface area contributed by atoms with E-state index >= 15 is 0 Å². The number of esters is 3. The maximum absolute atomic E-state index is 14.3. The maximum Gasteiger partial charge on any atom is 0.341 e. The Balaban J connectivity index is 1.96. The molecular weight excluding hydrogens is 709 g/mol. The first-order valence-electron chi connectivity index (χ1n) is 16.2. The molecule has 0 radical (unpaired) electrons. The molecule has 1 N–H and O–H groups in total. The summed E-state index contributed by atoms with van der Waals surface area (Å²) >= 11 is 0.505. The van der Waals surface area contributed by atoms with Gasteiger partial charge in [-0.1, -0.05) is 65.0 Å². The number of rotatable bonds is 12. The maximum atomic E-state index is 14.3. The zero-order valence-electron chi connectivity index (χ0n) is 30.0. The molecule has 0 saturated carbocycles. The van der Waals surface area contributed by atoms with Crippen LogP contribution >= 0.6 is 11.3 Å². The molecule has 4 rings (SSSR count). The molecule has 1 aliphatic heterocycles. The normalized spacial score (nSPS) is 19.1. The SMILES string of the molecule is CC(=O)Nc1nc(OS(=O)(=O)c2c(C(C)C)cc(C(C)C)cc2C(C)C)c2sc(=O)n([C@@H]3O[C@H](COC(C)=O)[C@@H](OC(C)=O)[C@H]3OC(C)=O)c2n1. The van der Waals surface area contributed by atoms with Crippen LogP contribution in [0.25, 0.3) is 10.3 Å². The van der Waals surface area contributed by atoms with Crippen LogP contribution in [0.15, 0.2) is 21.8 Å². The fourth-order valence-electron chi connectivity index (χ4n) is 5.61. The molecule has 3 heterocycles. The van der Waals surface area contributed by atoms with Crippen molar-refractivity contribution in [2.24, 2.45) is 0 Å². The smallest absolute Gasteiger partial charge is 0.341 e. The Morgan fingerprint density at radius 2 is 1.45 bits per heavy atom. The van der Waals surface area contributed by atoms with Crippen molar-refractivity contribution in [3.63, 3.8) is 0 Å². The molecule has 1 saturated heterocycles. The van der Waals surface area contributed by atoms with E-state index in [4.69, 9.17) is 23.1 Å². The average molecular weight is 751 g/mol. The van der Waals surface area contributed by atoms with Crippen LogP contribution in [-0.2, 0) is 48.2 Å². The van der Waals surface area contributed by atoms with Crippen molar-refractivity contribution in [2.45, 2.75) is 116 Å². The van der Waals surface area contributed by atoms with Crippen molar-refractivity contribution in [1.29, 1.82) is 0 Å². The summed E-state index contributed by atoms with van der Waals surface area (Å²) in [5.74, 6) is -4.21. The van der Waals surface area contributed by atoms with Crippen molar-refractivity contribution >= 4 is 61.6 Å². The highest BCUT2D eigenvalue weighted by Crippen LogP contribution is 2.40. The predicted molar refractivity (Wildman–Crippen MR) is 184 cm³/mol.